The van der Waals surface area contributed by atoms with E-state index in [1.807, 2.05) is 13.8 Å². The van der Waals surface area contributed by atoms with E-state index in [4.69, 9.17) is 0 Å². The Morgan fingerprint density at radius 3 is 2.39 bits per heavy atom. The topological polar surface area (TPSA) is 60.7 Å². The molecule has 0 spiro atoms. The van der Waals surface area contributed by atoms with E-state index < -0.39 is 17.8 Å². The van der Waals surface area contributed by atoms with Crippen LogP contribution in [0.15, 0.2) is 12.2 Å². The minimum atomic E-state index is -0.793. The predicted octanol–water partition coefficient (Wildman–Crippen LogP) is 1.33. The number of hydrogen-bond acceptors (Lipinski definition) is 3. The third-order valence-corrected chi connectivity index (χ3v) is 6.13. The second-order valence-corrected chi connectivity index (χ2v) is 7.35. The van der Waals surface area contributed by atoms with Gasteiger partial charge >= 0.3 is 0 Å². The van der Waals surface area contributed by atoms with Crippen molar-refractivity contribution in [2.75, 3.05) is 0 Å². The molecule has 3 aliphatic carbocycles. The quantitative estimate of drug-likeness (QED) is 0.617. The van der Waals surface area contributed by atoms with Crippen LogP contribution in [0.1, 0.15) is 33.6 Å². The summed E-state index contributed by atoms with van der Waals surface area (Å²) in [6.07, 6.45) is 0.841. The highest BCUT2D eigenvalue weighted by atomic mass is 16.3. The lowest BCUT2D eigenvalue weighted by atomic mass is 9.53. The molecule has 2 bridgehead atoms. The average molecular weight is 252 g/mol. The first-order chi connectivity index (χ1) is 8.19. The first-order valence-electron chi connectivity index (χ1n) is 6.97. The second-order valence-electron chi connectivity index (χ2n) is 7.35. The second kappa shape index (κ2) is 3.38. The molecule has 3 aliphatic rings. The van der Waals surface area contributed by atoms with Crippen LogP contribution in [-0.4, -0.2) is 33.1 Å². The summed E-state index contributed by atoms with van der Waals surface area (Å²) in [6, 6.07) is 0. The summed E-state index contributed by atoms with van der Waals surface area (Å²) in [7, 11) is 0. The zero-order chi connectivity index (χ0) is 13.5. The SMILES string of the molecule is C=C1C2C(O)[C@H]3[C@@H]([C@H]2O)[C@@H](C(C)(C)O)CC[C@@]13C. The van der Waals surface area contributed by atoms with E-state index in [9.17, 15) is 15.3 Å². The van der Waals surface area contributed by atoms with Crippen molar-refractivity contribution in [1.29, 1.82) is 0 Å². The highest BCUT2D eigenvalue weighted by Gasteiger charge is 2.69. The number of fused-ring (bicyclic) bond motifs is 1. The van der Waals surface area contributed by atoms with Crippen molar-refractivity contribution in [3.63, 3.8) is 0 Å². The molecular weight excluding hydrogens is 228 g/mol. The summed E-state index contributed by atoms with van der Waals surface area (Å²) in [5.74, 6) is -0.0436. The molecule has 18 heavy (non-hydrogen) atoms. The standard InChI is InChI=1S/C15H24O3/c1-7-9-12(16)10-8(14(2,3)18)5-6-15(7,4)11(10)13(9)17/h8-13,16-18H,1,5-6H2,2-4H3/t8-,9?,10-,11+,12-,13?,15-/m0/s1. The number of aliphatic hydroxyl groups excluding tert-OH is 2. The molecule has 0 aliphatic heterocycles. The van der Waals surface area contributed by atoms with Crippen LogP contribution in [0.3, 0.4) is 0 Å². The lowest BCUT2D eigenvalue weighted by Crippen LogP contribution is -2.53. The van der Waals surface area contributed by atoms with Gasteiger partial charge in [-0.3, -0.25) is 0 Å². The largest absolute Gasteiger partial charge is 0.392 e. The molecule has 0 heterocycles. The van der Waals surface area contributed by atoms with Crippen LogP contribution >= 0.6 is 0 Å². The highest BCUT2D eigenvalue weighted by Crippen LogP contribution is 2.68. The molecule has 3 fully saturated rings. The van der Waals surface area contributed by atoms with Crippen LogP contribution in [0.4, 0.5) is 0 Å². The van der Waals surface area contributed by atoms with E-state index in [0.717, 1.165) is 18.4 Å². The number of rotatable bonds is 1. The van der Waals surface area contributed by atoms with Gasteiger partial charge < -0.3 is 15.3 Å². The summed E-state index contributed by atoms with van der Waals surface area (Å²) in [5.41, 5.74) is 0.187. The fourth-order valence-electron chi connectivity index (χ4n) is 5.20. The molecule has 3 heteroatoms. The molecular formula is C15H24O3. The zero-order valence-electron chi connectivity index (χ0n) is 11.4. The maximum Gasteiger partial charge on any atom is 0.0670 e. The summed E-state index contributed by atoms with van der Waals surface area (Å²) in [4.78, 5) is 0. The number of aliphatic hydroxyl groups is 3. The molecule has 102 valence electrons. The van der Waals surface area contributed by atoms with Crippen molar-refractivity contribution in [3.8, 4) is 0 Å². The van der Waals surface area contributed by atoms with Gasteiger partial charge in [0.2, 0.25) is 0 Å². The minimum Gasteiger partial charge on any atom is -0.392 e. The molecule has 7 atom stereocenters. The van der Waals surface area contributed by atoms with Crippen LogP contribution in [0.5, 0.6) is 0 Å². The summed E-state index contributed by atoms with van der Waals surface area (Å²) >= 11 is 0. The van der Waals surface area contributed by atoms with Crippen LogP contribution in [0.25, 0.3) is 0 Å². The Labute approximate surface area is 109 Å². The predicted molar refractivity (Wildman–Crippen MR) is 68.8 cm³/mol. The average Bonchev–Trinajstić information content (AvgIpc) is 2.60. The summed E-state index contributed by atoms with van der Waals surface area (Å²) in [5, 5.41) is 31.2. The first-order valence-corrected chi connectivity index (χ1v) is 6.97. The molecule has 0 aromatic rings. The van der Waals surface area contributed by atoms with Crippen LogP contribution < -0.4 is 0 Å². The van der Waals surface area contributed by atoms with E-state index in [1.165, 1.54) is 0 Å². The van der Waals surface area contributed by atoms with E-state index >= 15 is 0 Å². The normalized spacial score (nSPS) is 55.1. The van der Waals surface area contributed by atoms with Gasteiger partial charge in [-0.15, -0.1) is 0 Å². The van der Waals surface area contributed by atoms with Crippen molar-refractivity contribution in [2.45, 2.75) is 51.4 Å². The van der Waals surface area contributed by atoms with Crippen molar-refractivity contribution < 1.29 is 15.3 Å². The summed E-state index contributed by atoms with van der Waals surface area (Å²) < 4.78 is 0. The molecule has 0 aromatic carbocycles. The molecule has 0 saturated heterocycles. The van der Waals surface area contributed by atoms with E-state index in [1.54, 1.807) is 0 Å². The van der Waals surface area contributed by atoms with Gasteiger partial charge in [-0.2, -0.15) is 0 Å². The van der Waals surface area contributed by atoms with Gasteiger partial charge in [0, 0.05) is 11.8 Å². The smallest absolute Gasteiger partial charge is 0.0670 e. The van der Waals surface area contributed by atoms with E-state index in [-0.39, 0.29) is 29.1 Å². The van der Waals surface area contributed by atoms with Crippen LogP contribution in [0.2, 0.25) is 0 Å². The molecule has 3 N–H and O–H groups in total. The fourth-order valence-corrected chi connectivity index (χ4v) is 5.20. The maximum absolute atomic E-state index is 10.5. The Kier molecular flexibility index (Phi) is 2.38. The molecule has 0 aromatic heterocycles. The maximum atomic E-state index is 10.5. The Bertz CT molecular complexity index is 397. The Morgan fingerprint density at radius 2 is 1.89 bits per heavy atom. The minimum absolute atomic E-state index is 0.00856. The van der Waals surface area contributed by atoms with E-state index in [0.29, 0.717) is 0 Å². The third-order valence-electron chi connectivity index (χ3n) is 6.13. The molecule has 3 saturated carbocycles. The molecule has 2 unspecified atom stereocenters. The first kappa shape index (κ1) is 12.6. The lowest BCUT2D eigenvalue weighted by Gasteiger charge is -2.53. The van der Waals surface area contributed by atoms with Gasteiger partial charge in [-0.25, -0.2) is 0 Å². The van der Waals surface area contributed by atoms with Crippen LogP contribution in [0, 0.1) is 29.1 Å². The Hall–Kier alpha value is -0.380. The van der Waals surface area contributed by atoms with Gasteiger partial charge in [0.05, 0.1) is 17.8 Å². The lowest BCUT2D eigenvalue weighted by molar-refractivity contribution is -0.110. The molecule has 0 radical (unpaired) electrons. The van der Waals surface area contributed by atoms with Gasteiger partial charge in [0.25, 0.3) is 0 Å². The monoisotopic (exact) mass is 252 g/mol. The van der Waals surface area contributed by atoms with Crippen LogP contribution in [-0.2, 0) is 0 Å². The summed E-state index contributed by atoms with van der Waals surface area (Å²) in [6.45, 7) is 9.94. The highest BCUT2D eigenvalue weighted by molar-refractivity contribution is 5.34. The molecule has 3 rings (SSSR count). The van der Waals surface area contributed by atoms with Crippen molar-refractivity contribution >= 4 is 0 Å². The van der Waals surface area contributed by atoms with Crippen molar-refractivity contribution in [3.05, 3.63) is 12.2 Å². The Balaban J connectivity index is 2.04. The van der Waals surface area contributed by atoms with Gasteiger partial charge in [0.1, 0.15) is 0 Å². The third kappa shape index (κ3) is 1.25. The van der Waals surface area contributed by atoms with Gasteiger partial charge in [-0.1, -0.05) is 19.1 Å². The van der Waals surface area contributed by atoms with Crippen molar-refractivity contribution in [2.24, 2.45) is 29.1 Å². The van der Waals surface area contributed by atoms with Crippen molar-refractivity contribution in [1.82, 2.24) is 0 Å². The van der Waals surface area contributed by atoms with Gasteiger partial charge in [-0.05, 0) is 43.9 Å². The fraction of sp³-hybridized carbons (Fsp3) is 0.867. The Morgan fingerprint density at radius 1 is 1.28 bits per heavy atom. The molecule has 0 amide bonds. The van der Waals surface area contributed by atoms with Gasteiger partial charge in [0.15, 0.2) is 0 Å². The van der Waals surface area contributed by atoms with E-state index in [2.05, 4.69) is 13.5 Å². The zero-order valence-corrected chi connectivity index (χ0v) is 11.4. The molecule has 3 nitrogen and oxygen atoms in total. The number of hydrogen-bond donors (Lipinski definition) is 3.